The molecular weight excluding hydrogens is 156 g/mol. The minimum Gasteiger partial charge on any atom is -0.309 e. The van der Waals surface area contributed by atoms with Crippen LogP contribution in [0.1, 0.15) is 35.9 Å². The molecule has 0 atom stereocenters. The van der Waals surface area contributed by atoms with Gasteiger partial charge in [-0.2, -0.15) is 0 Å². The van der Waals surface area contributed by atoms with Gasteiger partial charge in [0.25, 0.3) is 0 Å². The second kappa shape index (κ2) is 2.97. The molecule has 0 saturated heterocycles. The Morgan fingerprint density at radius 2 is 2.08 bits per heavy atom. The maximum absolute atomic E-state index is 11.1. The third-order valence-electron chi connectivity index (χ3n) is 1.87. The van der Waals surface area contributed by atoms with Gasteiger partial charge >= 0.3 is 5.69 Å². The zero-order valence-electron chi connectivity index (χ0n) is 7.42. The highest BCUT2D eigenvalue weighted by Crippen LogP contribution is 2.12. The second-order valence-corrected chi connectivity index (χ2v) is 3.06. The molecule has 0 aromatic carbocycles. The molecule has 0 saturated carbocycles. The van der Waals surface area contributed by atoms with Gasteiger partial charge in [0, 0.05) is 12.7 Å². The van der Waals surface area contributed by atoms with Crippen molar-refractivity contribution in [2.45, 2.75) is 19.8 Å². The van der Waals surface area contributed by atoms with Crippen LogP contribution in [0.3, 0.4) is 0 Å². The number of carbonyl (C=O) groups excluding carboxylic acids is 1. The quantitative estimate of drug-likeness (QED) is 0.659. The first-order chi connectivity index (χ1) is 5.57. The molecule has 1 rings (SSSR count). The smallest absolute Gasteiger partial charge is 0.309 e. The molecule has 1 aromatic rings. The number of aromatic amines is 1. The van der Waals surface area contributed by atoms with Gasteiger partial charge in [0.15, 0.2) is 6.29 Å². The Balaban J connectivity index is 3.39. The zero-order chi connectivity index (χ0) is 9.30. The normalized spacial score (nSPS) is 10.7. The van der Waals surface area contributed by atoms with Crippen molar-refractivity contribution in [1.82, 2.24) is 9.55 Å². The maximum Gasteiger partial charge on any atom is 0.326 e. The number of aldehydes is 1. The Morgan fingerprint density at radius 3 is 2.42 bits per heavy atom. The SMILES string of the molecule is CC(C)c1[nH]c(=O)n(C)c1C=O. The Hall–Kier alpha value is -1.32. The van der Waals surface area contributed by atoms with Crippen molar-refractivity contribution >= 4 is 6.29 Å². The van der Waals surface area contributed by atoms with Gasteiger partial charge in [-0.1, -0.05) is 13.8 Å². The minimum absolute atomic E-state index is 0.166. The van der Waals surface area contributed by atoms with Crippen molar-refractivity contribution in [2.24, 2.45) is 7.05 Å². The molecule has 1 heterocycles. The van der Waals surface area contributed by atoms with E-state index in [0.717, 1.165) is 0 Å². The lowest BCUT2D eigenvalue weighted by Gasteiger charge is -2.01. The monoisotopic (exact) mass is 168 g/mol. The molecule has 1 N–H and O–H groups in total. The standard InChI is InChI=1S/C8H12N2O2/c1-5(2)7-6(4-11)10(3)8(12)9-7/h4-5H,1-3H3,(H,9,12). The average molecular weight is 168 g/mol. The fourth-order valence-electron chi connectivity index (χ4n) is 1.14. The highest BCUT2D eigenvalue weighted by molar-refractivity contribution is 5.74. The van der Waals surface area contributed by atoms with Crippen molar-refractivity contribution in [2.75, 3.05) is 0 Å². The van der Waals surface area contributed by atoms with E-state index >= 15 is 0 Å². The molecule has 0 fully saturated rings. The second-order valence-electron chi connectivity index (χ2n) is 3.06. The van der Waals surface area contributed by atoms with E-state index in [9.17, 15) is 9.59 Å². The van der Waals surface area contributed by atoms with Crippen LogP contribution in [-0.2, 0) is 7.05 Å². The van der Waals surface area contributed by atoms with Crippen LogP contribution < -0.4 is 5.69 Å². The summed E-state index contributed by atoms with van der Waals surface area (Å²) in [5.41, 5.74) is 0.910. The van der Waals surface area contributed by atoms with Gasteiger partial charge in [0.1, 0.15) is 5.69 Å². The Morgan fingerprint density at radius 1 is 1.50 bits per heavy atom. The van der Waals surface area contributed by atoms with E-state index in [1.807, 2.05) is 13.8 Å². The van der Waals surface area contributed by atoms with Crippen LogP contribution in [0.25, 0.3) is 0 Å². The van der Waals surface area contributed by atoms with E-state index in [-0.39, 0.29) is 11.6 Å². The zero-order valence-corrected chi connectivity index (χ0v) is 7.42. The molecule has 4 nitrogen and oxygen atoms in total. The molecule has 0 bridgehead atoms. The summed E-state index contributed by atoms with van der Waals surface area (Å²) in [4.78, 5) is 24.3. The summed E-state index contributed by atoms with van der Waals surface area (Å²) in [6, 6.07) is 0. The van der Waals surface area contributed by atoms with Gasteiger partial charge in [-0.3, -0.25) is 9.36 Å². The Bertz CT molecular complexity index is 346. The summed E-state index contributed by atoms with van der Waals surface area (Å²) in [5.74, 6) is 0.166. The number of aromatic nitrogens is 2. The van der Waals surface area contributed by atoms with Gasteiger partial charge in [-0.15, -0.1) is 0 Å². The molecule has 1 aromatic heterocycles. The summed E-state index contributed by atoms with van der Waals surface area (Å²) in [6.45, 7) is 3.86. The van der Waals surface area contributed by atoms with Gasteiger partial charge in [0.2, 0.25) is 0 Å². The molecule has 0 unspecified atom stereocenters. The van der Waals surface area contributed by atoms with Crippen LogP contribution in [0.4, 0.5) is 0 Å². The summed E-state index contributed by atoms with van der Waals surface area (Å²) < 4.78 is 1.32. The maximum atomic E-state index is 11.1. The first-order valence-corrected chi connectivity index (χ1v) is 3.82. The largest absolute Gasteiger partial charge is 0.326 e. The third kappa shape index (κ3) is 1.20. The van der Waals surface area contributed by atoms with Crippen LogP contribution >= 0.6 is 0 Å². The van der Waals surface area contributed by atoms with E-state index in [0.29, 0.717) is 17.7 Å². The van der Waals surface area contributed by atoms with Gasteiger partial charge in [0.05, 0.1) is 0 Å². The van der Waals surface area contributed by atoms with Crippen molar-refractivity contribution in [1.29, 1.82) is 0 Å². The van der Waals surface area contributed by atoms with E-state index in [1.165, 1.54) is 4.57 Å². The summed E-state index contributed by atoms with van der Waals surface area (Å²) in [6.07, 6.45) is 0.702. The fourth-order valence-corrected chi connectivity index (χ4v) is 1.14. The topological polar surface area (TPSA) is 54.9 Å². The number of H-pyrrole nitrogens is 1. The minimum atomic E-state index is -0.235. The molecular formula is C8H12N2O2. The van der Waals surface area contributed by atoms with E-state index in [4.69, 9.17) is 0 Å². The van der Waals surface area contributed by atoms with Crippen LogP contribution in [0, 0.1) is 0 Å². The van der Waals surface area contributed by atoms with E-state index in [2.05, 4.69) is 4.98 Å². The molecule has 0 aliphatic heterocycles. The molecule has 66 valence electrons. The molecule has 0 amide bonds. The molecule has 12 heavy (non-hydrogen) atoms. The summed E-state index contributed by atoms with van der Waals surface area (Å²) >= 11 is 0. The number of carbonyl (C=O) groups is 1. The van der Waals surface area contributed by atoms with Crippen molar-refractivity contribution < 1.29 is 4.79 Å². The van der Waals surface area contributed by atoms with Crippen molar-refractivity contribution in [3.8, 4) is 0 Å². The van der Waals surface area contributed by atoms with E-state index < -0.39 is 0 Å². The lowest BCUT2D eigenvalue weighted by molar-refractivity contribution is 0.111. The Kier molecular flexibility index (Phi) is 2.17. The number of hydrogen-bond donors (Lipinski definition) is 1. The number of nitrogens with one attached hydrogen (secondary N) is 1. The number of hydrogen-bond acceptors (Lipinski definition) is 2. The predicted octanol–water partition coefficient (Wildman–Crippen LogP) is 0.649. The third-order valence-corrected chi connectivity index (χ3v) is 1.87. The van der Waals surface area contributed by atoms with Gasteiger partial charge < -0.3 is 4.98 Å². The van der Waals surface area contributed by atoms with Gasteiger partial charge in [-0.05, 0) is 5.92 Å². The lowest BCUT2D eigenvalue weighted by Crippen LogP contribution is -2.14. The highest BCUT2D eigenvalue weighted by Gasteiger charge is 2.12. The molecule has 0 spiro atoms. The van der Waals surface area contributed by atoms with E-state index in [1.54, 1.807) is 7.05 Å². The van der Waals surface area contributed by atoms with Crippen molar-refractivity contribution in [3.63, 3.8) is 0 Å². The van der Waals surface area contributed by atoms with Crippen LogP contribution in [0.15, 0.2) is 4.79 Å². The molecule has 0 aliphatic carbocycles. The highest BCUT2D eigenvalue weighted by atomic mass is 16.1. The Labute approximate surface area is 70.2 Å². The van der Waals surface area contributed by atoms with Crippen molar-refractivity contribution in [3.05, 3.63) is 21.9 Å². The molecule has 0 aliphatic rings. The lowest BCUT2D eigenvalue weighted by atomic mass is 10.1. The van der Waals surface area contributed by atoms with Crippen LogP contribution in [0.2, 0.25) is 0 Å². The number of rotatable bonds is 2. The first-order valence-electron chi connectivity index (χ1n) is 3.82. The number of nitrogens with zero attached hydrogens (tertiary/aromatic N) is 1. The molecule has 0 radical (unpaired) electrons. The predicted molar refractivity (Wildman–Crippen MR) is 45.5 cm³/mol. The van der Waals surface area contributed by atoms with Crippen LogP contribution in [-0.4, -0.2) is 15.8 Å². The first kappa shape index (κ1) is 8.77. The van der Waals surface area contributed by atoms with Crippen LogP contribution in [0.5, 0.6) is 0 Å². The summed E-state index contributed by atoms with van der Waals surface area (Å²) in [5, 5.41) is 0. The molecule has 4 heteroatoms. The number of imidazole rings is 1. The average Bonchev–Trinajstić information content (AvgIpc) is 2.29. The van der Waals surface area contributed by atoms with Gasteiger partial charge in [-0.25, -0.2) is 4.79 Å². The fraction of sp³-hybridized carbons (Fsp3) is 0.500. The summed E-state index contributed by atoms with van der Waals surface area (Å²) in [7, 11) is 1.58.